The van der Waals surface area contributed by atoms with Crippen molar-refractivity contribution in [3.8, 4) is 0 Å². The molecule has 1 atom stereocenters. The van der Waals surface area contributed by atoms with Gasteiger partial charge in [-0.15, -0.1) is 0 Å². The molecule has 0 aliphatic carbocycles. The molecule has 0 amide bonds. The lowest BCUT2D eigenvalue weighted by molar-refractivity contribution is 0.0168. The second-order valence-electron chi connectivity index (χ2n) is 8.20. The van der Waals surface area contributed by atoms with Crippen molar-refractivity contribution in [2.75, 3.05) is 45.8 Å². The highest BCUT2D eigenvalue weighted by Crippen LogP contribution is 2.22. The molecule has 0 bridgehead atoms. The average molecular weight is 300 g/mol. The largest absolute Gasteiger partial charge is 0.389 e. The molecule has 1 heterocycles. The summed E-state index contributed by atoms with van der Waals surface area (Å²) in [5.74, 6) is 0. The first-order valence-corrected chi connectivity index (χ1v) is 8.52. The van der Waals surface area contributed by atoms with Crippen molar-refractivity contribution < 1.29 is 5.11 Å². The van der Waals surface area contributed by atoms with E-state index in [1.807, 2.05) is 13.8 Å². The number of nitrogens with zero attached hydrogens (tertiary/aromatic N) is 2. The molecule has 1 unspecified atom stereocenters. The van der Waals surface area contributed by atoms with Crippen LogP contribution in [0.15, 0.2) is 0 Å². The van der Waals surface area contributed by atoms with Gasteiger partial charge in [0.15, 0.2) is 0 Å². The van der Waals surface area contributed by atoms with Crippen molar-refractivity contribution in [3.63, 3.8) is 0 Å². The standard InChI is InChI=1S/C17H37N3O/c1-7-18-15(16(2,3)4)8-9-19-10-12-20(13-11-19)14-17(5,6)21/h15,18,21H,7-14H2,1-6H3. The first-order valence-electron chi connectivity index (χ1n) is 8.52. The molecule has 21 heavy (non-hydrogen) atoms. The molecule has 4 nitrogen and oxygen atoms in total. The highest BCUT2D eigenvalue weighted by molar-refractivity contribution is 4.83. The van der Waals surface area contributed by atoms with E-state index in [1.54, 1.807) is 0 Å². The fourth-order valence-corrected chi connectivity index (χ4v) is 3.12. The third kappa shape index (κ3) is 7.59. The van der Waals surface area contributed by atoms with Crippen LogP contribution >= 0.6 is 0 Å². The van der Waals surface area contributed by atoms with Gasteiger partial charge in [0.2, 0.25) is 0 Å². The first-order chi connectivity index (χ1) is 9.62. The van der Waals surface area contributed by atoms with E-state index in [4.69, 9.17) is 0 Å². The molecule has 2 N–H and O–H groups in total. The summed E-state index contributed by atoms with van der Waals surface area (Å²) in [6, 6.07) is 0.580. The zero-order valence-electron chi connectivity index (χ0n) is 15.1. The Morgan fingerprint density at radius 3 is 1.95 bits per heavy atom. The van der Waals surface area contributed by atoms with Gasteiger partial charge in [-0.3, -0.25) is 4.90 Å². The fourth-order valence-electron chi connectivity index (χ4n) is 3.12. The number of β-amino-alcohol motifs (C(OH)–C–C–N with tert-alkyl or cyclic N) is 1. The molecule has 1 rings (SSSR count). The van der Waals surface area contributed by atoms with Gasteiger partial charge >= 0.3 is 0 Å². The molecule has 1 fully saturated rings. The Morgan fingerprint density at radius 1 is 1.00 bits per heavy atom. The number of rotatable bonds is 7. The number of nitrogens with one attached hydrogen (secondary N) is 1. The normalized spacial score (nSPS) is 20.7. The molecule has 0 saturated carbocycles. The summed E-state index contributed by atoms with van der Waals surface area (Å²) in [6.07, 6.45) is 1.21. The van der Waals surface area contributed by atoms with Gasteiger partial charge in [0, 0.05) is 38.8 Å². The minimum Gasteiger partial charge on any atom is -0.389 e. The lowest BCUT2D eigenvalue weighted by Gasteiger charge is -2.39. The summed E-state index contributed by atoms with van der Waals surface area (Å²) in [4.78, 5) is 4.94. The van der Waals surface area contributed by atoms with Crippen LogP contribution in [0.2, 0.25) is 0 Å². The minimum atomic E-state index is -0.579. The number of piperazine rings is 1. The Labute approximate surface area is 131 Å². The Hall–Kier alpha value is -0.160. The summed E-state index contributed by atoms with van der Waals surface area (Å²) in [7, 11) is 0. The zero-order valence-corrected chi connectivity index (χ0v) is 15.1. The van der Waals surface area contributed by atoms with Crippen molar-refractivity contribution >= 4 is 0 Å². The van der Waals surface area contributed by atoms with E-state index in [0.29, 0.717) is 11.5 Å². The number of aliphatic hydroxyl groups is 1. The Morgan fingerprint density at radius 2 is 1.52 bits per heavy atom. The molecule has 0 radical (unpaired) electrons. The maximum absolute atomic E-state index is 9.90. The van der Waals surface area contributed by atoms with Crippen LogP contribution in [0, 0.1) is 5.41 Å². The number of hydrogen-bond donors (Lipinski definition) is 2. The molecule has 0 aromatic rings. The fraction of sp³-hybridized carbons (Fsp3) is 1.00. The molecule has 1 saturated heterocycles. The van der Waals surface area contributed by atoms with Crippen molar-refractivity contribution in [1.29, 1.82) is 0 Å². The van der Waals surface area contributed by atoms with Gasteiger partial charge < -0.3 is 15.3 Å². The Bertz CT molecular complexity index is 285. The van der Waals surface area contributed by atoms with E-state index in [-0.39, 0.29) is 0 Å². The molecule has 1 aliphatic rings. The van der Waals surface area contributed by atoms with Crippen LogP contribution in [0.25, 0.3) is 0 Å². The van der Waals surface area contributed by atoms with Crippen molar-refractivity contribution in [1.82, 2.24) is 15.1 Å². The second-order valence-corrected chi connectivity index (χ2v) is 8.20. The quantitative estimate of drug-likeness (QED) is 0.752. The average Bonchev–Trinajstić information content (AvgIpc) is 2.33. The van der Waals surface area contributed by atoms with Gasteiger partial charge in [0.05, 0.1) is 5.60 Å². The van der Waals surface area contributed by atoms with Crippen LogP contribution in [0.3, 0.4) is 0 Å². The molecule has 0 aromatic heterocycles. The summed E-state index contributed by atoms with van der Waals surface area (Å²) in [6.45, 7) is 20.3. The van der Waals surface area contributed by atoms with Crippen molar-refractivity contribution in [3.05, 3.63) is 0 Å². The molecule has 0 aromatic carbocycles. The van der Waals surface area contributed by atoms with E-state index >= 15 is 0 Å². The van der Waals surface area contributed by atoms with Crippen molar-refractivity contribution in [2.45, 2.75) is 59.6 Å². The SMILES string of the molecule is CCNC(CCN1CCN(CC(C)(C)O)CC1)C(C)(C)C. The van der Waals surface area contributed by atoms with Crippen LogP contribution in [0.5, 0.6) is 0 Å². The van der Waals surface area contributed by atoms with Gasteiger partial charge in [-0.1, -0.05) is 27.7 Å². The van der Waals surface area contributed by atoms with Crippen LogP contribution in [0.4, 0.5) is 0 Å². The first kappa shape index (κ1) is 18.9. The Balaban J connectivity index is 2.32. The summed E-state index contributed by atoms with van der Waals surface area (Å²) in [5.41, 5.74) is -0.261. The molecule has 0 spiro atoms. The number of hydrogen-bond acceptors (Lipinski definition) is 4. The maximum atomic E-state index is 9.90. The van der Waals surface area contributed by atoms with E-state index in [1.165, 1.54) is 13.0 Å². The lowest BCUT2D eigenvalue weighted by Crippen LogP contribution is -2.51. The Kier molecular flexibility index (Phi) is 7.11. The smallest absolute Gasteiger partial charge is 0.0718 e. The predicted octanol–water partition coefficient (Wildman–Crippen LogP) is 1.79. The molecular weight excluding hydrogens is 262 g/mol. The van der Waals surface area contributed by atoms with Crippen LogP contribution in [-0.4, -0.2) is 72.4 Å². The molecular formula is C17H37N3O. The summed E-state index contributed by atoms with van der Waals surface area (Å²) < 4.78 is 0. The van der Waals surface area contributed by atoms with Gasteiger partial charge in [-0.05, 0) is 38.8 Å². The zero-order chi connectivity index (χ0) is 16.1. The van der Waals surface area contributed by atoms with E-state index in [9.17, 15) is 5.11 Å². The van der Waals surface area contributed by atoms with Gasteiger partial charge in [0.1, 0.15) is 0 Å². The highest BCUT2D eigenvalue weighted by atomic mass is 16.3. The van der Waals surface area contributed by atoms with E-state index in [0.717, 1.165) is 39.3 Å². The molecule has 126 valence electrons. The third-order valence-corrected chi connectivity index (χ3v) is 4.31. The lowest BCUT2D eigenvalue weighted by atomic mass is 9.84. The van der Waals surface area contributed by atoms with Crippen molar-refractivity contribution in [2.24, 2.45) is 5.41 Å². The molecule has 4 heteroatoms. The van der Waals surface area contributed by atoms with E-state index in [2.05, 4.69) is 42.8 Å². The molecule has 1 aliphatic heterocycles. The van der Waals surface area contributed by atoms with Crippen LogP contribution < -0.4 is 5.32 Å². The monoisotopic (exact) mass is 299 g/mol. The van der Waals surface area contributed by atoms with Gasteiger partial charge in [-0.2, -0.15) is 0 Å². The summed E-state index contributed by atoms with van der Waals surface area (Å²) in [5, 5.41) is 13.5. The van der Waals surface area contributed by atoms with Crippen LogP contribution in [-0.2, 0) is 0 Å². The van der Waals surface area contributed by atoms with E-state index < -0.39 is 5.60 Å². The predicted molar refractivity (Wildman–Crippen MR) is 90.7 cm³/mol. The topological polar surface area (TPSA) is 38.7 Å². The minimum absolute atomic E-state index is 0.318. The third-order valence-electron chi connectivity index (χ3n) is 4.31. The van der Waals surface area contributed by atoms with Crippen LogP contribution in [0.1, 0.15) is 48.0 Å². The highest BCUT2D eigenvalue weighted by Gasteiger charge is 2.26. The second kappa shape index (κ2) is 7.91. The van der Waals surface area contributed by atoms with Gasteiger partial charge in [-0.25, -0.2) is 0 Å². The summed E-state index contributed by atoms with van der Waals surface area (Å²) >= 11 is 0. The van der Waals surface area contributed by atoms with Gasteiger partial charge in [0.25, 0.3) is 0 Å². The maximum Gasteiger partial charge on any atom is 0.0718 e.